The number of anilines is 1. The van der Waals surface area contributed by atoms with Crippen LogP contribution in [0.25, 0.3) is 0 Å². The maximum atomic E-state index is 13.2. The molecule has 0 spiro atoms. The number of carbonyl (C=O) groups excluding carboxylic acids is 1. The fourth-order valence-corrected chi connectivity index (χ4v) is 4.75. The lowest BCUT2D eigenvalue weighted by atomic mass is 10.1. The lowest BCUT2D eigenvalue weighted by Crippen LogP contribution is -2.49. The molecule has 1 fully saturated rings. The molecule has 1 amide bonds. The zero-order valence-electron chi connectivity index (χ0n) is 19.2. The second-order valence-corrected chi connectivity index (χ2v) is 9.06. The second kappa shape index (κ2) is 10.7. The number of amides is 1. The number of H-pyrrole nitrogens is 1. The molecule has 1 aliphatic heterocycles. The van der Waals surface area contributed by atoms with Crippen molar-refractivity contribution in [1.82, 2.24) is 14.9 Å². The Morgan fingerprint density at radius 1 is 1.15 bits per heavy atom. The highest BCUT2D eigenvalue weighted by Gasteiger charge is 2.23. The molecule has 4 rings (SSSR count). The van der Waals surface area contributed by atoms with Crippen molar-refractivity contribution in [3.8, 4) is 5.75 Å². The average molecular weight is 483 g/mol. The lowest BCUT2D eigenvalue weighted by Gasteiger charge is -2.36. The van der Waals surface area contributed by atoms with E-state index >= 15 is 0 Å². The molecule has 2 heterocycles. The van der Waals surface area contributed by atoms with Gasteiger partial charge in [0.25, 0.3) is 5.56 Å². The first-order valence-electron chi connectivity index (χ1n) is 11.1. The van der Waals surface area contributed by atoms with Crippen LogP contribution < -0.4 is 15.2 Å². The molecule has 1 aromatic heterocycles. The Morgan fingerprint density at radius 3 is 2.56 bits per heavy atom. The minimum absolute atomic E-state index is 0.0194. The van der Waals surface area contributed by atoms with Crippen molar-refractivity contribution in [2.24, 2.45) is 0 Å². The number of aromatic nitrogens is 2. The highest BCUT2D eigenvalue weighted by atomic mass is 32.2. The number of ether oxygens (including phenoxy) is 1. The van der Waals surface area contributed by atoms with Gasteiger partial charge in [0.05, 0.1) is 13.5 Å². The van der Waals surface area contributed by atoms with E-state index in [1.807, 2.05) is 24.3 Å². The summed E-state index contributed by atoms with van der Waals surface area (Å²) >= 11 is 1.43. The first-order chi connectivity index (χ1) is 16.4. The number of halogens is 1. The van der Waals surface area contributed by atoms with Crippen LogP contribution in [0.15, 0.2) is 58.5 Å². The van der Waals surface area contributed by atoms with Crippen molar-refractivity contribution >= 4 is 23.4 Å². The number of rotatable bonds is 7. The van der Waals surface area contributed by atoms with Crippen LogP contribution in [0.5, 0.6) is 5.75 Å². The Hall–Kier alpha value is -3.33. The van der Waals surface area contributed by atoms with E-state index in [0.717, 1.165) is 17.0 Å². The Balaban J connectivity index is 1.34. The van der Waals surface area contributed by atoms with Crippen molar-refractivity contribution in [2.75, 3.05) is 38.2 Å². The minimum atomic E-state index is -0.279. The van der Waals surface area contributed by atoms with Crippen LogP contribution in [0.3, 0.4) is 0 Å². The van der Waals surface area contributed by atoms with Crippen molar-refractivity contribution < 1.29 is 13.9 Å². The molecule has 9 heteroatoms. The molecule has 1 saturated heterocycles. The molecule has 0 aliphatic carbocycles. The normalized spacial score (nSPS) is 13.7. The highest BCUT2D eigenvalue weighted by Crippen LogP contribution is 2.22. The third-order valence-electron chi connectivity index (χ3n) is 5.86. The van der Waals surface area contributed by atoms with Gasteiger partial charge in [0.2, 0.25) is 5.91 Å². The molecule has 7 nitrogen and oxygen atoms in total. The van der Waals surface area contributed by atoms with Crippen LogP contribution >= 0.6 is 11.8 Å². The number of piperazine rings is 1. The number of carbonyl (C=O) groups is 1. The zero-order valence-corrected chi connectivity index (χ0v) is 20.0. The average Bonchev–Trinajstić information content (AvgIpc) is 2.85. The number of nitrogens with one attached hydrogen (secondary N) is 1. The maximum absolute atomic E-state index is 13.2. The summed E-state index contributed by atoms with van der Waals surface area (Å²) in [4.78, 5) is 36.8. The van der Waals surface area contributed by atoms with Crippen molar-refractivity contribution in [3.05, 3.63) is 81.5 Å². The van der Waals surface area contributed by atoms with E-state index in [-0.39, 0.29) is 23.7 Å². The van der Waals surface area contributed by atoms with E-state index in [4.69, 9.17) is 4.74 Å². The maximum Gasteiger partial charge on any atom is 0.255 e. The largest absolute Gasteiger partial charge is 0.497 e. The number of hydrogen-bond acceptors (Lipinski definition) is 6. The molecule has 0 saturated carbocycles. The molecule has 3 aromatic rings. The van der Waals surface area contributed by atoms with Crippen LogP contribution in [-0.2, 0) is 17.0 Å². The predicted octanol–water partition coefficient (Wildman–Crippen LogP) is 3.41. The van der Waals surface area contributed by atoms with Crippen LogP contribution in [0.4, 0.5) is 10.1 Å². The van der Waals surface area contributed by atoms with Gasteiger partial charge in [-0.3, -0.25) is 9.59 Å². The second-order valence-electron chi connectivity index (χ2n) is 8.10. The van der Waals surface area contributed by atoms with Gasteiger partial charge in [-0.2, -0.15) is 0 Å². The van der Waals surface area contributed by atoms with E-state index in [9.17, 15) is 14.0 Å². The van der Waals surface area contributed by atoms with Crippen molar-refractivity contribution in [2.45, 2.75) is 24.3 Å². The summed E-state index contributed by atoms with van der Waals surface area (Å²) in [6.45, 7) is 4.18. The molecule has 0 atom stereocenters. The first kappa shape index (κ1) is 23.8. The van der Waals surface area contributed by atoms with Gasteiger partial charge in [0.1, 0.15) is 11.6 Å². The van der Waals surface area contributed by atoms with E-state index < -0.39 is 0 Å². The van der Waals surface area contributed by atoms with Gasteiger partial charge in [0, 0.05) is 48.9 Å². The molecule has 1 N–H and O–H groups in total. The van der Waals surface area contributed by atoms with Gasteiger partial charge < -0.3 is 19.5 Å². The lowest BCUT2D eigenvalue weighted by molar-refractivity contribution is -0.130. The van der Waals surface area contributed by atoms with Crippen LogP contribution in [-0.4, -0.2) is 54.1 Å². The minimum Gasteiger partial charge on any atom is -0.497 e. The summed E-state index contributed by atoms with van der Waals surface area (Å²) in [5, 5.41) is 0.523. The molecule has 0 unspecified atom stereocenters. The molecule has 1 aliphatic rings. The van der Waals surface area contributed by atoms with Crippen LogP contribution in [0.1, 0.15) is 16.8 Å². The number of aromatic amines is 1. The Morgan fingerprint density at radius 2 is 1.88 bits per heavy atom. The number of methoxy groups -OCH3 is 1. The number of nitrogens with zero attached hydrogens (tertiary/aromatic N) is 3. The van der Waals surface area contributed by atoms with Gasteiger partial charge in [-0.15, -0.1) is 0 Å². The Labute approximate surface area is 202 Å². The van der Waals surface area contributed by atoms with Gasteiger partial charge in [0.15, 0.2) is 5.16 Å². The van der Waals surface area contributed by atoms with Gasteiger partial charge in [-0.25, -0.2) is 9.37 Å². The third kappa shape index (κ3) is 5.77. The number of aryl methyl sites for hydroxylation is 1. The van der Waals surface area contributed by atoms with Crippen LogP contribution in [0, 0.1) is 12.7 Å². The van der Waals surface area contributed by atoms with Crippen molar-refractivity contribution in [1.29, 1.82) is 0 Å². The van der Waals surface area contributed by atoms with E-state index in [1.165, 1.54) is 23.9 Å². The summed E-state index contributed by atoms with van der Waals surface area (Å²) < 4.78 is 18.4. The number of benzene rings is 2. The van der Waals surface area contributed by atoms with Gasteiger partial charge in [-0.1, -0.05) is 23.9 Å². The summed E-state index contributed by atoms with van der Waals surface area (Å²) in [5.74, 6) is 1.06. The SMILES string of the molecule is COc1cccc(CSc2nc(C)c(CC(=O)N3CCN(c4ccc(F)cc4)CC3)c(=O)[nH]2)c1. The molecule has 0 radical (unpaired) electrons. The smallest absolute Gasteiger partial charge is 0.255 e. The topological polar surface area (TPSA) is 78.5 Å². The predicted molar refractivity (Wildman–Crippen MR) is 131 cm³/mol. The monoisotopic (exact) mass is 482 g/mol. The third-order valence-corrected chi connectivity index (χ3v) is 6.81. The molecule has 0 bridgehead atoms. The summed E-state index contributed by atoms with van der Waals surface area (Å²) in [6, 6.07) is 14.1. The van der Waals surface area contributed by atoms with E-state index in [0.29, 0.717) is 48.3 Å². The summed E-state index contributed by atoms with van der Waals surface area (Å²) in [5.41, 5.74) is 2.68. The van der Waals surface area contributed by atoms with Gasteiger partial charge >= 0.3 is 0 Å². The first-order valence-corrected chi connectivity index (χ1v) is 12.1. The van der Waals surface area contributed by atoms with Crippen molar-refractivity contribution in [3.63, 3.8) is 0 Å². The molecular weight excluding hydrogens is 455 g/mol. The Kier molecular flexibility index (Phi) is 7.52. The van der Waals surface area contributed by atoms with Gasteiger partial charge in [-0.05, 0) is 48.9 Å². The fourth-order valence-electron chi connectivity index (χ4n) is 3.90. The van der Waals surface area contributed by atoms with E-state index in [1.54, 1.807) is 31.1 Å². The van der Waals surface area contributed by atoms with Crippen LogP contribution in [0.2, 0.25) is 0 Å². The van der Waals surface area contributed by atoms with E-state index in [2.05, 4.69) is 14.9 Å². The Bertz CT molecular complexity index is 1210. The molecule has 2 aromatic carbocycles. The zero-order chi connectivity index (χ0) is 24.1. The summed E-state index contributed by atoms with van der Waals surface area (Å²) in [6.07, 6.45) is 0.0194. The fraction of sp³-hybridized carbons (Fsp3) is 0.320. The highest BCUT2D eigenvalue weighted by molar-refractivity contribution is 7.98. The number of thioether (sulfide) groups is 1. The summed E-state index contributed by atoms with van der Waals surface area (Å²) in [7, 11) is 1.63. The molecule has 178 valence electrons. The molecular formula is C25H27FN4O3S. The molecule has 34 heavy (non-hydrogen) atoms. The quantitative estimate of drug-likeness (QED) is 0.411. The number of hydrogen-bond donors (Lipinski definition) is 1. The standard InChI is InChI=1S/C25H27FN4O3S/c1-17-22(24(32)28-25(27-17)34-16-18-4-3-5-21(14-18)33-2)15-23(31)30-12-10-29(11-13-30)20-8-6-19(26)7-9-20/h3-9,14H,10-13,15-16H2,1-2H3,(H,27,28,32).